The maximum atomic E-state index is 3.66. The third-order valence-corrected chi connectivity index (χ3v) is 5.31. The molecule has 0 aromatic heterocycles. The van der Waals surface area contributed by atoms with Gasteiger partial charge in [-0.15, -0.1) is 0 Å². The van der Waals surface area contributed by atoms with Crippen LogP contribution in [-0.4, -0.2) is 0 Å². The molecule has 134 valence electrons. The normalized spacial score (nSPS) is 24.9. The van der Waals surface area contributed by atoms with Crippen LogP contribution in [0.4, 0.5) is 0 Å². The van der Waals surface area contributed by atoms with Crippen molar-refractivity contribution in [3.8, 4) is 0 Å². The quantitative estimate of drug-likeness (QED) is 0.669. The molecule has 0 aromatic carbocycles. The monoisotopic (exact) mass is 344 g/mol. The van der Waals surface area contributed by atoms with Crippen LogP contribution >= 0.6 is 0 Å². The predicted octanol–water partition coefficient (Wildman–Crippen LogP) is 5.70. The highest BCUT2D eigenvalue weighted by Crippen LogP contribution is 2.30. The van der Waals surface area contributed by atoms with Crippen LogP contribution in [0.5, 0.6) is 0 Å². The molecule has 0 heterocycles. The van der Waals surface area contributed by atoms with Gasteiger partial charge < -0.3 is 10.6 Å². The molecule has 0 fully saturated rings. The molecule has 0 aliphatic heterocycles. The lowest BCUT2D eigenvalue weighted by molar-refractivity contribution is 0.678. The van der Waals surface area contributed by atoms with E-state index in [1.54, 1.807) is 0 Å². The zero-order chi connectivity index (χ0) is 17.6. The van der Waals surface area contributed by atoms with E-state index in [9.17, 15) is 0 Å². The van der Waals surface area contributed by atoms with E-state index in [0.717, 1.165) is 44.9 Å². The van der Waals surface area contributed by atoms with Crippen LogP contribution in [0, 0.1) is 5.92 Å². The molecule has 1 atom stereocenters. The van der Waals surface area contributed by atoms with Crippen molar-refractivity contribution in [3.05, 3.63) is 95.2 Å². The van der Waals surface area contributed by atoms with Crippen LogP contribution in [0.3, 0.4) is 0 Å². The molecule has 4 rings (SSSR count). The molecule has 1 unspecified atom stereocenters. The van der Waals surface area contributed by atoms with Gasteiger partial charge in [-0.2, -0.15) is 0 Å². The van der Waals surface area contributed by atoms with Gasteiger partial charge in [0, 0.05) is 28.7 Å². The molecule has 4 aliphatic carbocycles. The first-order chi connectivity index (χ1) is 12.9. The van der Waals surface area contributed by atoms with Gasteiger partial charge in [-0.05, 0) is 74.8 Å². The molecule has 26 heavy (non-hydrogen) atoms. The average Bonchev–Trinajstić information content (AvgIpc) is 2.70. The summed E-state index contributed by atoms with van der Waals surface area (Å²) < 4.78 is 0. The third kappa shape index (κ3) is 4.37. The van der Waals surface area contributed by atoms with Crippen molar-refractivity contribution in [2.75, 3.05) is 0 Å². The molecule has 2 heteroatoms. The van der Waals surface area contributed by atoms with Gasteiger partial charge in [0.15, 0.2) is 0 Å². The van der Waals surface area contributed by atoms with Crippen LogP contribution < -0.4 is 10.6 Å². The molecule has 2 N–H and O–H groups in total. The number of rotatable bonds is 5. The molecule has 0 amide bonds. The fourth-order valence-electron chi connectivity index (χ4n) is 3.91. The van der Waals surface area contributed by atoms with Crippen molar-refractivity contribution in [2.24, 2.45) is 5.92 Å². The minimum absolute atomic E-state index is 0.472. The Kier molecular flexibility index (Phi) is 5.39. The van der Waals surface area contributed by atoms with Crippen LogP contribution in [0.1, 0.15) is 44.9 Å². The molecule has 0 aromatic rings. The van der Waals surface area contributed by atoms with Crippen LogP contribution in [0.2, 0.25) is 0 Å². The first-order valence-corrected chi connectivity index (χ1v) is 9.90. The first-order valence-electron chi connectivity index (χ1n) is 9.90. The molecule has 0 saturated heterocycles. The second kappa shape index (κ2) is 8.27. The lowest BCUT2D eigenvalue weighted by Crippen LogP contribution is -2.20. The predicted molar refractivity (Wildman–Crippen MR) is 110 cm³/mol. The molecule has 0 saturated carbocycles. The topological polar surface area (TPSA) is 24.1 Å². The zero-order valence-corrected chi connectivity index (χ0v) is 15.4. The fraction of sp³-hybridized carbons (Fsp3) is 0.333. The van der Waals surface area contributed by atoms with Crippen LogP contribution in [0.25, 0.3) is 0 Å². The standard InChI is InChI=1S/C24H28N2/c1-3-11-21(12-4-1)25-23-15-7-9-19(17-23)20-10-8-16-24(18-20)26-22-13-5-2-6-14-22/h1-3,5,7,9-11,13,15,18-19,25-26H,4,6,8,12,14,16-17H2. The molecule has 2 nitrogen and oxygen atoms in total. The van der Waals surface area contributed by atoms with E-state index in [-0.39, 0.29) is 0 Å². The van der Waals surface area contributed by atoms with Gasteiger partial charge in [0.25, 0.3) is 0 Å². The van der Waals surface area contributed by atoms with Crippen molar-refractivity contribution in [1.82, 2.24) is 10.6 Å². The van der Waals surface area contributed by atoms with Crippen molar-refractivity contribution >= 4 is 0 Å². The second-order valence-electron chi connectivity index (χ2n) is 7.37. The van der Waals surface area contributed by atoms with Gasteiger partial charge in [0.1, 0.15) is 0 Å². The van der Waals surface area contributed by atoms with E-state index < -0.39 is 0 Å². The van der Waals surface area contributed by atoms with E-state index in [0.29, 0.717) is 5.92 Å². The average molecular weight is 345 g/mol. The molecule has 0 bridgehead atoms. The lowest BCUT2D eigenvalue weighted by Gasteiger charge is -2.25. The summed E-state index contributed by atoms with van der Waals surface area (Å²) in [6, 6.07) is 0. The van der Waals surface area contributed by atoms with E-state index in [4.69, 9.17) is 0 Å². The van der Waals surface area contributed by atoms with E-state index in [2.05, 4.69) is 77.5 Å². The van der Waals surface area contributed by atoms with Crippen molar-refractivity contribution < 1.29 is 0 Å². The smallest absolute Gasteiger partial charge is 0.0157 e. The Labute approximate surface area is 157 Å². The summed E-state index contributed by atoms with van der Waals surface area (Å²) in [5.74, 6) is 0.472. The minimum Gasteiger partial charge on any atom is -0.362 e. The third-order valence-electron chi connectivity index (χ3n) is 5.31. The van der Waals surface area contributed by atoms with Gasteiger partial charge in [-0.3, -0.25) is 0 Å². The second-order valence-corrected chi connectivity index (χ2v) is 7.37. The number of hydrogen-bond acceptors (Lipinski definition) is 2. The zero-order valence-electron chi connectivity index (χ0n) is 15.4. The maximum Gasteiger partial charge on any atom is 0.0157 e. The summed E-state index contributed by atoms with van der Waals surface area (Å²) in [7, 11) is 0. The number of allylic oxidation sites excluding steroid dienone is 16. The molecule has 4 aliphatic rings. The van der Waals surface area contributed by atoms with Crippen molar-refractivity contribution in [1.29, 1.82) is 0 Å². The largest absolute Gasteiger partial charge is 0.362 e. The highest BCUT2D eigenvalue weighted by atomic mass is 14.9. The fourth-order valence-corrected chi connectivity index (χ4v) is 3.91. The summed E-state index contributed by atoms with van der Waals surface area (Å²) in [6.45, 7) is 0. The lowest BCUT2D eigenvalue weighted by atomic mass is 9.86. The van der Waals surface area contributed by atoms with Crippen LogP contribution in [-0.2, 0) is 0 Å². The van der Waals surface area contributed by atoms with Crippen LogP contribution in [0.15, 0.2) is 95.2 Å². The SMILES string of the molecule is C1=CCCC(NC2=CC(C3C=CC=C(NC4=CC=CCC4)C3)=CCC2)=C1. The summed E-state index contributed by atoms with van der Waals surface area (Å²) in [5, 5.41) is 7.31. The Morgan fingerprint density at radius 3 is 2.04 bits per heavy atom. The summed E-state index contributed by atoms with van der Waals surface area (Å²) in [6.07, 6.45) is 32.6. The van der Waals surface area contributed by atoms with E-state index in [1.165, 1.54) is 28.4 Å². The maximum absolute atomic E-state index is 3.66. The summed E-state index contributed by atoms with van der Waals surface area (Å²) in [5.41, 5.74) is 6.82. The highest BCUT2D eigenvalue weighted by Gasteiger charge is 2.18. The highest BCUT2D eigenvalue weighted by molar-refractivity contribution is 5.37. The molecular formula is C24H28N2. The summed E-state index contributed by atoms with van der Waals surface area (Å²) in [4.78, 5) is 0. The van der Waals surface area contributed by atoms with Gasteiger partial charge in [-0.1, -0.05) is 42.5 Å². The van der Waals surface area contributed by atoms with Gasteiger partial charge in [-0.25, -0.2) is 0 Å². The van der Waals surface area contributed by atoms with E-state index in [1.807, 2.05) is 0 Å². The minimum atomic E-state index is 0.472. The van der Waals surface area contributed by atoms with Gasteiger partial charge in [0.2, 0.25) is 0 Å². The van der Waals surface area contributed by atoms with Gasteiger partial charge in [0.05, 0.1) is 0 Å². The Bertz CT molecular complexity index is 781. The van der Waals surface area contributed by atoms with Crippen molar-refractivity contribution in [2.45, 2.75) is 44.9 Å². The Morgan fingerprint density at radius 2 is 1.35 bits per heavy atom. The molecular weight excluding hydrogens is 316 g/mol. The Morgan fingerprint density at radius 1 is 0.692 bits per heavy atom. The van der Waals surface area contributed by atoms with Crippen molar-refractivity contribution in [3.63, 3.8) is 0 Å². The van der Waals surface area contributed by atoms with E-state index >= 15 is 0 Å². The Hall–Kier alpha value is -2.48. The van der Waals surface area contributed by atoms with Gasteiger partial charge >= 0.3 is 0 Å². The molecule has 0 radical (unpaired) electrons. The number of hydrogen-bond donors (Lipinski definition) is 2. The number of nitrogens with one attached hydrogen (secondary N) is 2. The Balaban J connectivity index is 1.40. The first kappa shape index (κ1) is 17.0. The molecule has 0 spiro atoms. The summed E-state index contributed by atoms with van der Waals surface area (Å²) >= 11 is 0.